The molecule has 0 aromatic heterocycles. The fourth-order valence-electron chi connectivity index (χ4n) is 8.15. The number of hydrogen-bond acceptors (Lipinski definition) is 0. The Kier molecular flexibility index (Phi) is 8.51. The first-order chi connectivity index (χ1) is 24.8. The summed E-state index contributed by atoms with van der Waals surface area (Å²) in [7, 11) is 0. The van der Waals surface area contributed by atoms with E-state index in [9.17, 15) is 0 Å². The van der Waals surface area contributed by atoms with Crippen molar-refractivity contribution in [3.05, 3.63) is 275 Å². The van der Waals surface area contributed by atoms with E-state index >= 15 is 0 Å². The van der Waals surface area contributed by atoms with Crippen molar-refractivity contribution >= 4 is 0 Å². The average Bonchev–Trinajstić information content (AvgIpc) is 3.21. The van der Waals surface area contributed by atoms with Gasteiger partial charge in [-0.1, -0.05) is 231 Å². The van der Waals surface area contributed by atoms with Gasteiger partial charge in [0.15, 0.2) is 0 Å². The molecule has 0 saturated heterocycles. The standard InChI is InChI=1S/C50H38/c1-7-23-39(24-8-1)49(40-25-9-2-10-26-40,41-27-11-3-12-28-41)47-37-21-19-35-45(47)46-36-20-22-38-48(46)50(42-29-13-4-14-30-42,43-31-15-5-16-32-43)44-33-17-6-18-34-44/h1-38H. The van der Waals surface area contributed by atoms with Crippen LogP contribution in [0.25, 0.3) is 11.1 Å². The van der Waals surface area contributed by atoms with Crippen LogP contribution in [0, 0.1) is 0 Å². The Hall–Kier alpha value is -6.24. The van der Waals surface area contributed by atoms with Crippen molar-refractivity contribution < 1.29 is 0 Å². The van der Waals surface area contributed by atoms with Crippen LogP contribution in [0.1, 0.15) is 44.5 Å². The molecule has 50 heavy (non-hydrogen) atoms. The maximum Gasteiger partial charge on any atom is 0.0707 e. The molecular weight excluding hydrogens is 601 g/mol. The van der Waals surface area contributed by atoms with Gasteiger partial charge in [0, 0.05) is 0 Å². The lowest BCUT2D eigenvalue weighted by Crippen LogP contribution is -2.33. The van der Waals surface area contributed by atoms with Crippen molar-refractivity contribution in [2.24, 2.45) is 0 Å². The molecular formula is C50H38. The summed E-state index contributed by atoms with van der Waals surface area (Å²) in [5, 5.41) is 0. The second kappa shape index (κ2) is 13.7. The minimum absolute atomic E-state index is 0.595. The highest BCUT2D eigenvalue weighted by atomic mass is 14.4. The minimum Gasteiger partial charge on any atom is -0.0622 e. The first-order valence-electron chi connectivity index (χ1n) is 17.4. The van der Waals surface area contributed by atoms with Gasteiger partial charge in [0.1, 0.15) is 0 Å². The second-order valence-corrected chi connectivity index (χ2v) is 12.8. The van der Waals surface area contributed by atoms with Crippen LogP contribution in [0.2, 0.25) is 0 Å². The molecule has 0 heteroatoms. The predicted molar refractivity (Wildman–Crippen MR) is 208 cm³/mol. The van der Waals surface area contributed by atoms with Gasteiger partial charge in [-0.25, -0.2) is 0 Å². The van der Waals surface area contributed by atoms with Crippen molar-refractivity contribution in [2.45, 2.75) is 10.8 Å². The Morgan fingerprint density at radius 2 is 0.360 bits per heavy atom. The second-order valence-electron chi connectivity index (χ2n) is 12.8. The van der Waals surface area contributed by atoms with E-state index in [4.69, 9.17) is 0 Å². The van der Waals surface area contributed by atoms with Crippen molar-refractivity contribution in [1.29, 1.82) is 0 Å². The van der Waals surface area contributed by atoms with E-state index in [-0.39, 0.29) is 0 Å². The summed E-state index contributed by atoms with van der Waals surface area (Å²) in [5.74, 6) is 0. The van der Waals surface area contributed by atoms with E-state index in [1.807, 2.05) is 0 Å². The Morgan fingerprint density at radius 1 is 0.180 bits per heavy atom. The van der Waals surface area contributed by atoms with Crippen LogP contribution in [0.4, 0.5) is 0 Å². The van der Waals surface area contributed by atoms with Crippen molar-refractivity contribution in [2.75, 3.05) is 0 Å². The van der Waals surface area contributed by atoms with Crippen LogP contribution >= 0.6 is 0 Å². The van der Waals surface area contributed by atoms with Crippen LogP contribution in [0.15, 0.2) is 231 Å². The number of hydrogen-bond donors (Lipinski definition) is 0. The largest absolute Gasteiger partial charge is 0.0707 e. The van der Waals surface area contributed by atoms with E-state index in [2.05, 4.69) is 231 Å². The molecule has 0 unspecified atom stereocenters. The van der Waals surface area contributed by atoms with Gasteiger partial charge in [-0.15, -0.1) is 0 Å². The first kappa shape index (κ1) is 31.1. The van der Waals surface area contributed by atoms with Gasteiger partial charge in [0.05, 0.1) is 10.8 Å². The lowest BCUT2D eigenvalue weighted by molar-refractivity contribution is 0.738. The molecule has 0 saturated carbocycles. The lowest BCUT2D eigenvalue weighted by atomic mass is 9.61. The quantitative estimate of drug-likeness (QED) is 0.138. The molecule has 8 aromatic rings. The highest BCUT2D eigenvalue weighted by Crippen LogP contribution is 2.52. The molecule has 0 aliphatic rings. The van der Waals surface area contributed by atoms with Gasteiger partial charge < -0.3 is 0 Å². The molecule has 0 nitrogen and oxygen atoms in total. The Morgan fingerprint density at radius 3 is 0.580 bits per heavy atom. The summed E-state index contributed by atoms with van der Waals surface area (Å²) in [5.41, 5.74) is 11.0. The lowest BCUT2D eigenvalue weighted by Gasteiger charge is -2.40. The van der Waals surface area contributed by atoms with Gasteiger partial charge in [-0.2, -0.15) is 0 Å². The van der Waals surface area contributed by atoms with Crippen molar-refractivity contribution in [3.63, 3.8) is 0 Å². The molecule has 8 aromatic carbocycles. The fraction of sp³-hybridized carbons (Fsp3) is 0.0400. The van der Waals surface area contributed by atoms with E-state index in [0.717, 1.165) is 0 Å². The zero-order valence-electron chi connectivity index (χ0n) is 27.9. The molecule has 8 rings (SSSR count). The van der Waals surface area contributed by atoms with Crippen LogP contribution in [0.3, 0.4) is 0 Å². The molecule has 238 valence electrons. The normalized spacial score (nSPS) is 11.6. The van der Waals surface area contributed by atoms with E-state index in [1.54, 1.807) is 0 Å². The third-order valence-electron chi connectivity index (χ3n) is 10.2. The molecule has 0 amide bonds. The van der Waals surface area contributed by atoms with Gasteiger partial charge in [-0.05, 0) is 55.6 Å². The number of rotatable bonds is 9. The maximum atomic E-state index is 2.34. The monoisotopic (exact) mass is 638 g/mol. The smallest absolute Gasteiger partial charge is 0.0622 e. The molecule has 0 radical (unpaired) electrons. The third kappa shape index (κ3) is 5.18. The van der Waals surface area contributed by atoms with E-state index in [1.165, 1.54) is 55.6 Å². The first-order valence-corrected chi connectivity index (χ1v) is 17.4. The number of benzene rings is 8. The Labute approximate surface area is 296 Å². The van der Waals surface area contributed by atoms with Crippen LogP contribution in [-0.4, -0.2) is 0 Å². The topological polar surface area (TPSA) is 0 Å². The predicted octanol–water partition coefficient (Wildman–Crippen LogP) is 12.1. The molecule has 0 aliphatic carbocycles. The van der Waals surface area contributed by atoms with Gasteiger partial charge in [-0.3, -0.25) is 0 Å². The third-order valence-corrected chi connectivity index (χ3v) is 10.2. The van der Waals surface area contributed by atoms with Gasteiger partial charge >= 0.3 is 0 Å². The van der Waals surface area contributed by atoms with Crippen molar-refractivity contribution in [1.82, 2.24) is 0 Å². The van der Waals surface area contributed by atoms with Crippen LogP contribution in [-0.2, 0) is 10.8 Å². The van der Waals surface area contributed by atoms with Gasteiger partial charge in [0.2, 0.25) is 0 Å². The molecule has 0 fully saturated rings. The summed E-state index contributed by atoms with van der Waals surface area (Å²) in [4.78, 5) is 0. The van der Waals surface area contributed by atoms with E-state index < -0.39 is 10.8 Å². The summed E-state index contributed by atoms with van der Waals surface area (Å²) in [6, 6.07) is 84.1. The fourth-order valence-corrected chi connectivity index (χ4v) is 8.15. The van der Waals surface area contributed by atoms with E-state index in [0.29, 0.717) is 0 Å². The highest BCUT2D eigenvalue weighted by Gasteiger charge is 2.43. The maximum absolute atomic E-state index is 2.34. The summed E-state index contributed by atoms with van der Waals surface area (Å²) in [6.07, 6.45) is 0. The summed E-state index contributed by atoms with van der Waals surface area (Å²) >= 11 is 0. The molecule has 0 heterocycles. The van der Waals surface area contributed by atoms with Crippen LogP contribution in [0.5, 0.6) is 0 Å². The molecule has 0 N–H and O–H groups in total. The Bertz CT molecular complexity index is 1910. The zero-order valence-corrected chi connectivity index (χ0v) is 27.9. The SMILES string of the molecule is c1ccc(C(c2ccccc2)(c2ccccc2)c2ccccc2-c2ccccc2C(c2ccccc2)(c2ccccc2)c2ccccc2)cc1. The Balaban J connectivity index is 1.52. The molecule has 0 bridgehead atoms. The minimum atomic E-state index is -0.595. The zero-order chi connectivity index (χ0) is 33.6. The van der Waals surface area contributed by atoms with Crippen molar-refractivity contribution in [3.8, 4) is 11.1 Å². The summed E-state index contributed by atoms with van der Waals surface area (Å²) in [6.45, 7) is 0. The van der Waals surface area contributed by atoms with Crippen LogP contribution < -0.4 is 0 Å². The molecule has 0 aliphatic heterocycles. The average molecular weight is 639 g/mol. The molecule has 0 spiro atoms. The highest BCUT2D eigenvalue weighted by molar-refractivity contribution is 5.80. The molecule has 0 atom stereocenters. The van der Waals surface area contributed by atoms with Gasteiger partial charge in [0.25, 0.3) is 0 Å². The summed E-state index contributed by atoms with van der Waals surface area (Å²) < 4.78 is 0.